The summed E-state index contributed by atoms with van der Waals surface area (Å²) in [4.78, 5) is 0. The van der Waals surface area contributed by atoms with Crippen LogP contribution in [0.2, 0.25) is 70.0 Å². The lowest BCUT2D eigenvalue weighted by Gasteiger charge is -2.58. The van der Waals surface area contributed by atoms with Crippen LogP contribution < -0.4 is 5.73 Å². The molecule has 33 heavy (non-hydrogen) atoms. The second-order valence-electron chi connectivity index (χ2n) is 13.4. The molecule has 0 fully saturated rings. The van der Waals surface area contributed by atoms with Gasteiger partial charge in [0.05, 0.1) is 19.4 Å². The Hall–Kier alpha value is 0.708. The number of nitrogens with two attached hydrogens (primary N) is 1. The van der Waals surface area contributed by atoms with Gasteiger partial charge in [-0.05, 0) is 91.4 Å². The first-order chi connectivity index (χ1) is 14.7. The third-order valence-electron chi connectivity index (χ3n) is 8.31. The Morgan fingerprint density at radius 2 is 1.33 bits per heavy atom. The van der Waals surface area contributed by atoms with Crippen LogP contribution in [-0.4, -0.2) is 56.6 Å². The van der Waals surface area contributed by atoms with Crippen LogP contribution in [0.4, 0.5) is 0 Å². The molecule has 0 aromatic rings. The number of hydrogen-bond donors (Lipinski definition) is 1. The molecule has 0 aromatic carbocycles. The smallest absolute Gasteiger partial charge is 0.214 e. The molecule has 4 unspecified atom stereocenters. The molecule has 8 heteroatoms. The van der Waals surface area contributed by atoms with Crippen molar-refractivity contribution in [2.45, 2.75) is 154 Å². The molecule has 0 saturated carbocycles. The van der Waals surface area contributed by atoms with Crippen molar-refractivity contribution in [1.82, 2.24) is 0 Å². The molecule has 0 aliphatic heterocycles. The van der Waals surface area contributed by atoms with Crippen molar-refractivity contribution in [3.8, 4) is 0 Å². The van der Waals surface area contributed by atoms with Crippen molar-refractivity contribution in [2.75, 3.05) is 6.54 Å². The third kappa shape index (κ3) is 8.65. The number of hydrogen-bond acceptors (Lipinski definition) is 4. The molecule has 0 rings (SSSR count). The quantitative estimate of drug-likeness (QED) is 0.204. The number of rotatable bonds is 16. The van der Waals surface area contributed by atoms with E-state index < -0.39 is 33.0 Å². The molecule has 2 N–H and O–H groups in total. The summed E-state index contributed by atoms with van der Waals surface area (Å²) >= 11 is 0. The summed E-state index contributed by atoms with van der Waals surface area (Å²) in [6.07, 6.45) is 4.15. The van der Waals surface area contributed by atoms with E-state index >= 15 is 0 Å². The molecule has 0 bridgehead atoms. The SMILES string of the molecule is CCC(O[Si](C)(CCCN)[C@](C)(CC)C(C)(CC)O[Si](C)(C)C(C)O[Si](C)(C)C)[Si](C)(C)C. The van der Waals surface area contributed by atoms with Crippen molar-refractivity contribution >= 4 is 33.0 Å². The fourth-order valence-electron chi connectivity index (χ4n) is 5.31. The molecular weight excluding hydrogens is 475 g/mol. The maximum absolute atomic E-state index is 7.37. The summed E-state index contributed by atoms with van der Waals surface area (Å²) in [5, 5.41) is -0.0276. The molecule has 0 aliphatic rings. The van der Waals surface area contributed by atoms with E-state index in [-0.39, 0.29) is 16.4 Å². The Labute approximate surface area is 212 Å². The first kappa shape index (κ1) is 33.7. The Balaban J connectivity index is 6.46. The molecule has 4 nitrogen and oxygen atoms in total. The van der Waals surface area contributed by atoms with Crippen molar-refractivity contribution in [1.29, 1.82) is 0 Å². The van der Waals surface area contributed by atoms with Crippen LogP contribution in [0, 0.1) is 0 Å². The van der Waals surface area contributed by atoms with Gasteiger partial charge in [-0.3, -0.25) is 0 Å². The van der Waals surface area contributed by atoms with Crippen LogP contribution in [0.1, 0.15) is 67.2 Å². The summed E-state index contributed by atoms with van der Waals surface area (Å²) < 4.78 is 21.3. The highest BCUT2D eigenvalue weighted by Crippen LogP contribution is 2.57. The normalized spacial score (nSPS) is 21.1. The van der Waals surface area contributed by atoms with Gasteiger partial charge in [-0.2, -0.15) is 0 Å². The van der Waals surface area contributed by atoms with E-state index in [4.69, 9.17) is 19.0 Å². The predicted molar refractivity (Wildman–Crippen MR) is 158 cm³/mol. The lowest BCUT2D eigenvalue weighted by atomic mass is 9.85. The van der Waals surface area contributed by atoms with E-state index in [9.17, 15) is 0 Å². The average Bonchev–Trinajstić information content (AvgIpc) is 2.66. The Morgan fingerprint density at radius 3 is 1.67 bits per heavy atom. The van der Waals surface area contributed by atoms with Crippen molar-refractivity contribution in [3.63, 3.8) is 0 Å². The molecule has 0 saturated heterocycles. The van der Waals surface area contributed by atoms with Gasteiger partial charge in [0.15, 0.2) is 16.6 Å². The highest BCUT2D eigenvalue weighted by Gasteiger charge is 2.60. The second kappa shape index (κ2) is 12.3. The van der Waals surface area contributed by atoms with Gasteiger partial charge in [-0.1, -0.05) is 47.3 Å². The average molecular weight is 536 g/mol. The fourth-order valence-corrected chi connectivity index (χ4v) is 18.5. The maximum Gasteiger partial charge on any atom is 0.214 e. The van der Waals surface area contributed by atoms with Crippen LogP contribution >= 0.6 is 0 Å². The molecule has 0 heterocycles. The molecule has 0 radical (unpaired) electrons. The summed E-state index contributed by atoms with van der Waals surface area (Å²) in [6, 6.07) is 1.09. The molecule has 5 atom stereocenters. The highest BCUT2D eigenvalue weighted by atomic mass is 28.4. The van der Waals surface area contributed by atoms with E-state index in [0.29, 0.717) is 5.73 Å². The summed E-state index contributed by atoms with van der Waals surface area (Å²) in [6.45, 7) is 36.1. The van der Waals surface area contributed by atoms with Crippen molar-refractivity contribution in [3.05, 3.63) is 0 Å². The molecule has 0 aliphatic carbocycles. The van der Waals surface area contributed by atoms with Crippen molar-refractivity contribution < 1.29 is 13.3 Å². The zero-order valence-corrected chi connectivity index (χ0v) is 29.2. The van der Waals surface area contributed by atoms with Gasteiger partial charge in [0, 0.05) is 10.8 Å². The zero-order valence-electron chi connectivity index (χ0n) is 25.2. The van der Waals surface area contributed by atoms with E-state index in [0.717, 1.165) is 38.3 Å². The standard InChI is InChI=1S/C25H61NO3Si4/c1-16-23(30(7,8)9)28-33(15,21-19-20-26)25(6,18-3)24(5,17-2)29-32(13,14)22(4)27-31(10,11)12/h22-23H,16-21,26H2,1-15H3/t22?,23?,24?,25-,33?/m1/s1. The van der Waals surface area contributed by atoms with Crippen LogP contribution in [0.3, 0.4) is 0 Å². The lowest BCUT2D eigenvalue weighted by Crippen LogP contribution is -2.64. The third-order valence-corrected chi connectivity index (χ3v) is 20.7. The molecule has 200 valence electrons. The molecule has 0 spiro atoms. The first-order valence-corrected chi connectivity index (χ1v) is 26.0. The van der Waals surface area contributed by atoms with E-state index in [1.165, 1.54) is 0 Å². The lowest BCUT2D eigenvalue weighted by molar-refractivity contribution is 0.00402. The van der Waals surface area contributed by atoms with Crippen LogP contribution in [0.25, 0.3) is 0 Å². The minimum atomic E-state index is -2.24. The molecule has 0 aromatic heterocycles. The Morgan fingerprint density at radius 1 is 0.818 bits per heavy atom. The van der Waals surface area contributed by atoms with Crippen molar-refractivity contribution in [2.24, 2.45) is 5.73 Å². The van der Waals surface area contributed by atoms with Gasteiger partial charge in [0.2, 0.25) is 8.32 Å². The van der Waals surface area contributed by atoms with E-state index in [1.807, 2.05) is 0 Å². The zero-order chi connectivity index (χ0) is 26.5. The minimum absolute atomic E-state index is 0.0276. The van der Waals surface area contributed by atoms with Gasteiger partial charge in [-0.25, -0.2) is 0 Å². The van der Waals surface area contributed by atoms with Gasteiger partial charge in [0.1, 0.15) is 0 Å². The summed E-state index contributed by atoms with van der Waals surface area (Å²) in [5.41, 5.74) is 6.33. The van der Waals surface area contributed by atoms with Gasteiger partial charge in [0.25, 0.3) is 0 Å². The van der Waals surface area contributed by atoms with Crippen LogP contribution in [0.15, 0.2) is 0 Å². The van der Waals surface area contributed by atoms with E-state index in [2.05, 4.69) is 100 Å². The highest BCUT2D eigenvalue weighted by molar-refractivity contribution is 6.81. The van der Waals surface area contributed by atoms with Gasteiger partial charge in [-0.15, -0.1) is 0 Å². The largest absolute Gasteiger partial charge is 0.417 e. The fraction of sp³-hybridized carbons (Fsp3) is 1.00. The predicted octanol–water partition coefficient (Wildman–Crippen LogP) is 7.92. The van der Waals surface area contributed by atoms with Gasteiger partial charge < -0.3 is 19.0 Å². The second-order valence-corrected chi connectivity index (χ2v) is 31.7. The molecule has 0 amide bonds. The van der Waals surface area contributed by atoms with Gasteiger partial charge >= 0.3 is 0 Å². The first-order valence-electron chi connectivity index (χ1n) is 13.4. The Kier molecular flexibility index (Phi) is 12.6. The van der Waals surface area contributed by atoms with E-state index in [1.54, 1.807) is 0 Å². The maximum atomic E-state index is 7.37. The Bertz CT molecular complexity index is 593. The van der Waals surface area contributed by atoms with Crippen LogP contribution in [-0.2, 0) is 13.3 Å². The minimum Gasteiger partial charge on any atom is -0.417 e. The summed E-state index contributed by atoms with van der Waals surface area (Å²) in [7, 11) is -7.46. The topological polar surface area (TPSA) is 53.7 Å². The van der Waals surface area contributed by atoms with Crippen LogP contribution in [0.5, 0.6) is 0 Å². The molecular formula is C25H61NO3Si4. The summed E-state index contributed by atoms with van der Waals surface area (Å²) in [5.74, 6) is 0. The monoisotopic (exact) mass is 535 g/mol.